The Balaban J connectivity index is 1.70. The molecule has 0 aliphatic rings. The van der Waals surface area contributed by atoms with E-state index < -0.39 is 5.82 Å². The lowest BCUT2D eigenvalue weighted by molar-refractivity contribution is 0.623. The first kappa shape index (κ1) is 16.1. The summed E-state index contributed by atoms with van der Waals surface area (Å²) in [5, 5.41) is 3.16. The molecule has 0 aliphatic carbocycles. The van der Waals surface area contributed by atoms with E-state index >= 15 is 0 Å². The lowest BCUT2D eigenvalue weighted by Gasteiger charge is -2.04. The van der Waals surface area contributed by atoms with Crippen molar-refractivity contribution in [1.82, 2.24) is 29.3 Å². The van der Waals surface area contributed by atoms with Crippen molar-refractivity contribution in [2.75, 3.05) is 5.32 Å². The van der Waals surface area contributed by atoms with Crippen molar-refractivity contribution >= 4 is 17.3 Å². The summed E-state index contributed by atoms with van der Waals surface area (Å²) < 4.78 is 15.9. The van der Waals surface area contributed by atoms with Crippen molar-refractivity contribution in [2.24, 2.45) is 0 Å². The third-order valence-electron chi connectivity index (χ3n) is 3.83. The van der Waals surface area contributed by atoms with Gasteiger partial charge >= 0.3 is 0 Å². The van der Waals surface area contributed by atoms with Crippen molar-refractivity contribution in [3.05, 3.63) is 59.9 Å². The van der Waals surface area contributed by atoms with Gasteiger partial charge < -0.3 is 9.72 Å². The number of nitrogens with one attached hydrogen (secondary N) is 1. The number of halogens is 1. The van der Waals surface area contributed by atoms with Gasteiger partial charge in [-0.3, -0.25) is 9.97 Å². The van der Waals surface area contributed by atoms with Gasteiger partial charge in [0.15, 0.2) is 17.3 Å². The van der Waals surface area contributed by atoms with E-state index in [1.54, 1.807) is 29.1 Å². The van der Waals surface area contributed by atoms with Crippen LogP contribution in [0.15, 0.2) is 36.9 Å². The molecule has 4 heterocycles. The van der Waals surface area contributed by atoms with Crippen molar-refractivity contribution in [1.29, 1.82) is 0 Å². The molecular formula is C18H16FN7. The Morgan fingerprint density at radius 1 is 0.885 bits per heavy atom. The largest absolute Gasteiger partial charge is 0.324 e. The maximum atomic E-state index is 14.1. The van der Waals surface area contributed by atoms with Crippen LogP contribution in [0.25, 0.3) is 16.9 Å². The third-order valence-corrected chi connectivity index (χ3v) is 3.83. The fraction of sp³-hybridized carbons (Fsp3) is 0.167. The Hall–Kier alpha value is -3.42. The minimum atomic E-state index is -0.409. The third kappa shape index (κ3) is 3.08. The highest BCUT2D eigenvalue weighted by atomic mass is 19.1. The molecule has 0 fully saturated rings. The van der Waals surface area contributed by atoms with E-state index in [-0.39, 0.29) is 0 Å². The minimum absolute atomic E-state index is 0.407. The average molecular weight is 349 g/mol. The van der Waals surface area contributed by atoms with Crippen LogP contribution in [-0.4, -0.2) is 29.3 Å². The smallest absolute Gasteiger partial charge is 0.157 e. The van der Waals surface area contributed by atoms with Gasteiger partial charge in [-0.1, -0.05) is 0 Å². The molecule has 4 aromatic rings. The van der Waals surface area contributed by atoms with E-state index in [2.05, 4.69) is 30.2 Å². The van der Waals surface area contributed by atoms with E-state index in [0.717, 1.165) is 11.4 Å². The van der Waals surface area contributed by atoms with Gasteiger partial charge in [-0.2, -0.15) is 0 Å². The molecule has 0 spiro atoms. The zero-order chi connectivity index (χ0) is 18.3. The van der Waals surface area contributed by atoms with E-state index in [1.165, 1.54) is 6.20 Å². The van der Waals surface area contributed by atoms with Gasteiger partial charge in [0.1, 0.15) is 11.6 Å². The van der Waals surface area contributed by atoms with Crippen molar-refractivity contribution in [3.8, 4) is 11.3 Å². The Morgan fingerprint density at radius 2 is 1.73 bits per heavy atom. The SMILES string of the molecule is Cc1cc(-c2cn3cc(Nc4cc(C)nc(C)n4)nc3cn2)c(F)cn1. The molecule has 0 radical (unpaired) electrons. The van der Waals surface area contributed by atoms with Gasteiger partial charge in [-0.25, -0.2) is 19.3 Å². The lowest BCUT2D eigenvalue weighted by atomic mass is 10.1. The summed E-state index contributed by atoms with van der Waals surface area (Å²) in [7, 11) is 0. The zero-order valence-corrected chi connectivity index (χ0v) is 14.5. The molecule has 0 aromatic carbocycles. The molecular weight excluding hydrogens is 333 g/mol. The summed E-state index contributed by atoms with van der Waals surface area (Å²) >= 11 is 0. The molecule has 0 amide bonds. The molecule has 7 nitrogen and oxygen atoms in total. The number of hydrogen-bond acceptors (Lipinski definition) is 6. The van der Waals surface area contributed by atoms with E-state index in [9.17, 15) is 4.39 Å². The van der Waals surface area contributed by atoms with Crippen LogP contribution in [-0.2, 0) is 0 Å². The summed E-state index contributed by atoms with van der Waals surface area (Å²) in [5.41, 5.74) is 3.16. The molecule has 0 aliphatic heterocycles. The van der Waals surface area contributed by atoms with Crippen molar-refractivity contribution in [2.45, 2.75) is 20.8 Å². The van der Waals surface area contributed by atoms with Gasteiger partial charge in [0, 0.05) is 29.2 Å². The first-order chi connectivity index (χ1) is 12.5. The van der Waals surface area contributed by atoms with Gasteiger partial charge in [0.25, 0.3) is 0 Å². The molecule has 0 atom stereocenters. The fourth-order valence-electron chi connectivity index (χ4n) is 2.75. The summed E-state index contributed by atoms with van der Waals surface area (Å²) in [6.45, 7) is 5.56. The van der Waals surface area contributed by atoms with Gasteiger partial charge in [0.2, 0.25) is 0 Å². The molecule has 0 saturated heterocycles. The van der Waals surface area contributed by atoms with Crippen LogP contribution in [0.3, 0.4) is 0 Å². The Bertz CT molecular complexity index is 1100. The van der Waals surface area contributed by atoms with Crippen LogP contribution >= 0.6 is 0 Å². The standard InChI is InChI=1S/C18H16FN7/c1-10-4-13(14(19)6-20-10)15-8-26-9-17(25-18(26)7-21-15)24-16-5-11(2)22-12(3)23-16/h4-9H,1-3H3,(H,22,23,24). The van der Waals surface area contributed by atoms with Crippen LogP contribution in [0.2, 0.25) is 0 Å². The van der Waals surface area contributed by atoms with Gasteiger partial charge in [-0.05, 0) is 26.8 Å². The number of rotatable bonds is 3. The molecule has 130 valence electrons. The van der Waals surface area contributed by atoms with Crippen LogP contribution in [0.5, 0.6) is 0 Å². The first-order valence-corrected chi connectivity index (χ1v) is 8.04. The predicted molar refractivity (Wildman–Crippen MR) is 95.7 cm³/mol. The van der Waals surface area contributed by atoms with E-state index in [0.29, 0.717) is 34.4 Å². The molecule has 4 rings (SSSR count). The van der Waals surface area contributed by atoms with Gasteiger partial charge in [-0.15, -0.1) is 0 Å². The molecule has 4 aromatic heterocycles. The quantitative estimate of drug-likeness (QED) is 0.611. The Labute approximate surface area is 149 Å². The number of aryl methyl sites for hydroxylation is 3. The predicted octanol–water partition coefficient (Wildman–Crippen LogP) is 3.39. The van der Waals surface area contributed by atoms with E-state index in [1.807, 2.05) is 26.8 Å². The fourth-order valence-corrected chi connectivity index (χ4v) is 2.75. The summed E-state index contributed by atoms with van der Waals surface area (Å²) in [6.07, 6.45) is 6.35. The number of imidazole rings is 1. The van der Waals surface area contributed by atoms with Crippen LogP contribution in [0.1, 0.15) is 17.2 Å². The normalized spacial score (nSPS) is 11.1. The molecule has 0 unspecified atom stereocenters. The highest BCUT2D eigenvalue weighted by molar-refractivity contribution is 5.62. The van der Waals surface area contributed by atoms with Crippen molar-refractivity contribution < 1.29 is 4.39 Å². The first-order valence-electron chi connectivity index (χ1n) is 8.04. The summed E-state index contributed by atoms with van der Waals surface area (Å²) in [4.78, 5) is 21.3. The molecule has 1 N–H and O–H groups in total. The molecule has 8 heteroatoms. The zero-order valence-electron chi connectivity index (χ0n) is 14.5. The molecule has 0 bridgehead atoms. The summed E-state index contributed by atoms with van der Waals surface area (Å²) in [5.74, 6) is 1.56. The van der Waals surface area contributed by atoms with Gasteiger partial charge in [0.05, 0.1) is 24.3 Å². The number of pyridine rings is 1. The minimum Gasteiger partial charge on any atom is -0.324 e. The average Bonchev–Trinajstić information content (AvgIpc) is 2.97. The second-order valence-corrected chi connectivity index (χ2v) is 6.04. The van der Waals surface area contributed by atoms with Crippen LogP contribution in [0, 0.1) is 26.6 Å². The molecule has 26 heavy (non-hydrogen) atoms. The van der Waals surface area contributed by atoms with Crippen LogP contribution in [0.4, 0.5) is 16.0 Å². The number of aromatic nitrogens is 6. The highest BCUT2D eigenvalue weighted by Crippen LogP contribution is 2.22. The molecule has 0 saturated carbocycles. The lowest BCUT2D eigenvalue weighted by Crippen LogP contribution is -1.98. The second-order valence-electron chi connectivity index (χ2n) is 6.04. The van der Waals surface area contributed by atoms with Crippen molar-refractivity contribution in [3.63, 3.8) is 0 Å². The Morgan fingerprint density at radius 3 is 2.54 bits per heavy atom. The Kier molecular flexibility index (Phi) is 3.80. The van der Waals surface area contributed by atoms with E-state index in [4.69, 9.17) is 0 Å². The maximum absolute atomic E-state index is 14.1. The maximum Gasteiger partial charge on any atom is 0.157 e. The topological polar surface area (TPSA) is 80.9 Å². The number of nitrogens with zero attached hydrogens (tertiary/aromatic N) is 6. The van der Waals surface area contributed by atoms with Crippen LogP contribution < -0.4 is 5.32 Å². The number of anilines is 2. The monoisotopic (exact) mass is 349 g/mol. The summed E-state index contributed by atoms with van der Waals surface area (Å²) in [6, 6.07) is 3.52. The number of fused-ring (bicyclic) bond motifs is 1. The second kappa shape index (κ2) is 6.14. The number of hydrogen-bond donors (Lipinski definition) is 1. The highest BCUT2D eigenvalue weighted by Gasteiger charge is 2.10.